The molecule has 11 heteroatoms. The molecule has 0 saturated carbocycles. The van der Waals surface area contributed by atoms with Crippen molar-refractivity contribution >= 4 is 23.5 Å². The molecule has 1 amide bonds. The predicted octanol–water partition coefficient (Wildman–Crippen LogP) is 4.73. The molecule has 170 valence electrons. The van der Waals surface area contributed by atoms with Gasteiger partial charge in [0.25, 0.3) is 5.91 Å². The third-order valence-corrected chi connectivity index (χ3v) is 4.72. The van der Waals surface area contributed by atoms with Gasteiger partial charge in [-0.3, -0.25) is 9.59 Å². The highest BCUT2D eigenvalue weighted by Gasteiger charge is 2.37. The number of ether oxygens (including phenoxy) is 1. The van der Waals surface area contributed by atoms with Gasteiger partial charge in [0.05, 0.1) is 36.5 Å². The first-order chi connectivity index (χ1) is 15.2. The van der Waals surface area contributed by atoms with Gasteiger partial charge in [0.2, 0.25) is 0 Å². The summed E-state index contributed by atoms with van der Waals surface area (Å²) < 4.78 is 51.2. The van der Waals surface area contributed by atoms with Crippen molar-refractivity contribution in [2.75, 3.05) is 13.2 Å². The number of benzene rings is 1. The van der Waals surface area contributed by atoms with Crippen LogP contribution in [-0.4, -0.2) is 39.7 Å². The van der Waals surface area contributed by atoms with E-state index in [1.807, 2.05) is 0 Å². The van der Waals surface area contributed by atoms with E-state index in [1.165, 1.54) is 23.3 Å². The van der Waals surface area contributed by atoms with E-state index in [1.54, 1.807) is 31.2 Å². The molecule has 2 aromatic heterocycles. The summed E-state index contributed by atoms with van der Waals surface area (Å²) in [6, 6.07) is 9.96. The maximum Gasteiger partial charge on any atom is 0.435 e. The van der Waals surface area contributed by atoms with Crippen LogP contribution in [0.3, 0.4) is 0 Å². The molecule has 1 aromatic carbocycles. The van der Waals surface area contributed by atoms with Gasteiger partial charge in [-0.1, -0.05) is 23.7 Å². The lowest BCUT2D eigenvalue weighted by Gasteiger charge is -2.22. The van der Waals surface area contributed by atoms with E-state index >= 15 is 0 Å². The number of aromatic nitrogens is 2. The Bertz CT molecular complexity index is 1080. The van der Waals surface area contributed by atoms with Crippen molar-refractivity contribution in [2.24, 2.45) is 0 Å². The zero-order chi connectivity index (χ0) is 23.3. The summed E-state index contributed by atoms with van der Waals surface area (Å²) in [4.78, 5) is 26.4. The smallest absolute Gasteiger partial charge is 0.435 e. The molecule has 0 aliphatic heterocycles. The molecule has 0 spiro atoms. The summed E-state index contributed by atoms with van der Waals surface area (Å²) in [5.41, 5.74) is -1.50. The summed E-state index contributed by atoms with van der Waals surface area (Å²) in [5.74, 6) is -0.934. The molecular weight excluding hydrogens is 451 g/mol. The number of furan rings is 1. The van der Waals surface area contributed by atoms with E-state index < -0.39 is 23.7 Å². The van der Waals surface area contributed by atoms with Crippen LogP contribution in [0.2, 0.25) is 5.02 Å². The normalized spacial score (nSPS) is 11.4. The quantitative estimate of drug-likeness (QED) is 0.446. The molecule has 0 saturated heterocycles. The van der Waals surface area contributed by atoms with Gasteiger partial charge in [-0.05, 0) is 31.2 Å². The third kappa shape index (κ3) is 5.50. The fourth-order valence-corrected chi connectivity index (χ4v) is 3.16. The van der Waals surface area contributed by atoms with Crippen molar-refractivity contribution in [1.82, 2.24) is 14.7 Å². The Morgan fingerprint density at radius 1 is 1.22 bits per heavy atom. The molecule has 7 nitrogen and oxygen atoms in total. The maximum absolute atomic E-state index is 13.4. The topological polar surface area (TPSA) is 77.6 Å². The number of carbonyl (C=O) groups is 2. The largest absolute Gasteiger partial charge is 0.467 e. The molecule has 0 aliphatic carbocycles. The minimum absolute atomic E-state index is 0.0692. The number of amides is 1. The summed E-state index contributed by atoms with van der Waals surface area (Å²) in [7, 11) is 0. The highest BCUT2D eigenvalue weighted by atomic mass is 35.5. The molecule has 0 unspecified atom stereocenters. The lowest BCUT2D eigenvalue weighted by Crippen LogP contribution is -2.34. The van der Waals surface area contributed by atoms with Crippen LogP contribution < -0.4 is 0 Å². The Balaban J connectivity index is 2.01. The van der Waals surface area contributed by atoms with Gasteiger partial charge >= 0.3 is 12.1 Å². The number of halogens is 4. The van der Waals surface area contributed by atoms with Crippen molar-refractivity contribution in [1.29, 1.82) is 0 Å². The summed E-state index contributed by atoms with van der Waals surface area (Å²) in [6.07, 6.45) is -3.52. The molecule has 0 atom stereocenters. The van der Waals surface area contributed by atoms with E-state index in [-0.39, 0.29) is 42.5 Å². The monoisotopic (exact) mass is 469 g/mol. The lowest BCUT2D eigenvalue weighted by atomic mass is 10.2. The van der Waals surface area contributed by atoms with E-state index in [0.717, 1.165) is 4.68 Å². The molecule has 3 aromatic rings. The molecule has 2 heterocycles. The standard InChI is InChI=1S/C21H19ClF3N3O4/c1-2-31-19(29)9-10-27(13-14-6-5-11-32-14)20(30)17-12-18(21(23,24)25)26-28(17)16-8-4-3-7-15(16)22/h3-8,11-12H,2,9-10,13H2,1H3. The number of rotatable bonds is 8. The zero-order valence-corrected chi connectivity index (χ0v) is 17.7. The van der Waals surface area contributed by atoms with Crippen molar-refractivity contribution < 1.29 is 31.9 Å². The van der Waals surface area contributed by atoms with Crippen LogP contribution in [0, 0.1) is 0 Å². The van der Waals surface area contributed by atoms with Crippen LogP contribution in [0.5, 0.6) is 0 Å². The molecule has 0 bridgehead atoms. The first-order valence-electron chi connectivity index (χ1n) is 9.60. The molecule has 0 aliphatic rings. The highest BCUT2D eigenvalue weighted by molar-refractivity contribution is 6.32. The van der Waals surface area contributed by atoms with Crippen LogP contribution in [0.15, 0.2) is 53.1 Å². The van der Waals surface area contributed by atoms with Crippen LogP contribution in [0.1, 0.15) is 35.3 Å². The van der Waals surface area contributed by atoms with Crippen LogP contribution in [0.25, 0.3) is 5.69 Å². The molecule has 3 rings (SSSR count). The summed E-state index contributed by atoms with van der Waals surface area (Å²) >= 11 is 6.15. The Kier molecular flexibility index (Phi) is 7.24. The fraction of sp³-hybridized carbons (Fsp3) is 0.286. The fourth-order valence-electron chi connectivity index (χ4n) is 2.94. The molecule has 0 radical (unpaired) electrons. The van der Waals surface area contributed by atoms with Gasteiger partial charge in [-0.15, -0.1) is 0 Å². The average molecular weight is 470 g/mol. The number of esters is 1. The van der Waals surface area contributed by atoms with Gasteiger partial charge in [-0.2, -0.15) is 18.3 Å². The Morgan fingerprint density at radius 3 is 2.59 bits per heavy atom. The molecule has 0 N–H and O–H groups in total. The minimum atomic E-state index is -4.78. The third-order valence-electron chi connectivity index (χ3n) is 4.40. The molecular formula is C21H19ClF3N3O4. The van der Waals surface area contributed by atoms with Crippen molar-refractivity contribution in [3.05, 3.63) is 70.9 Å². The number of hydrogen-bond donors (Lipinski definition) is 0. The van der Waals surface area contributed by atoms with Gasteiger partial charge in [0, 0.05) is 12.6 Å². The van der Waals surface area contributed by atoms with E-state index in [4.69, 9.17) is 20.8 Å². The van der Waals surface area contributed by atoms with Gasteiger partial charge in [0.15, 0.2) is 5.69 Å². The number of para-hydroxylation sites is 1. The Labute approximate surface area is 186 Å². The van der Waals surface area contributed by atoms with Crippen molar-refractivity contribution in [2.45, 2.75) is 26.1 Å². The Morgan fingerprint density at radius 2 is 1.97 bits per heavy atom. The Hall–Kier alpha value is -3.27. The number of hydrogen-bond acceptors (Lipinski definition) is 5. The van der Waals surface area contributed by atoms with Gasteiger partial charge < -0.3 is 14.1 Å². The SMILES string of the molecule is CCOC(=O)CCN(Cc1ccco1)C(=O)c1cc(C(F)(F)F)nn1-c1ccccc1Cl. The number of carbonyl (C=O) groups excluding carboxylic acids is 2. The minimum Gasteiger partial charge on any atom is -0.467 e. The second kappa shape index (κ2) is 9.90. The van der Waals surface area contributed by atoms with Crippen LogP contribution >= 0.6 is 11.6 Å². The van der Waals surface area contributed by atoms with E-state index in [9.17, 15) is 22.8 Å². The highest BCUT2D eigenvalue weighted by Crippen LogP contribution is 2.31. The molecule has 32 heavy (non-hydrogen) atoms. The van der Waals surface area contributed by atoms with Crippen LogP contribution in [0.4, 0.5) is 13.2 Å². The van der Waals surface area contributed by atoms with Gasteiger partial charge in [-0.25, -0.2) is 4.68 Å². The van der Waals surface area contributed by atoms with Gasteiger partial charge in [0.1, 0.15) is 11.5 Å². The maximum atomic E-state index is 13.4. The second-order valence-electron chi connectivity index (χ2n) is 6.64. The van der Waals surface area contributed by atoms with Crippen LogP contribution in [-0.2, 0) is 22.3 Å². The van der Waals surface area contributed by atoms with Crippen molar-refractivity contribution in [3.8, 4) is 5.69 Å². The van der Waals surface area contributed by atoms with E-state index in [0.29, 0.717) is 11.8 Å². The first kappa shape index (κ1) is 23.4. The lowest BCUT2D eigenvalue weighted by molar-refractivity contribution is -0.143. The predicted molar refractivity (Wildman–Crippen MR) is 108 cm³/mol. The number of alkyl halides is 3. The summed E-state index contributed by atoms with van der Waals surface area (Å²) in [5, 5.41) is 3.70. The van der Waals surface area contributed by atoms with Crippen molar-refractivity contribution in [3.63, 3.8) is 0 Å². The summed E-state index contributed by atoms with van der Waals surface area (Å²) in [6.45, 7) is 1.64. The first-order valence-corrected chi connectivity index (χ1v) is 9.98. The van der Waals surface area contributed by atoms with E-state index in [2.05, 4.69) is 5.10 Å². The molecule has 0 fully saturated rings. The number of nitrogens with zero attached hydrogens (tertiary/aromatic N) is 3. The second-order valence-corrected chi connectivity index (χ2v) is 7.04. The zero-order valence-electron chi connectivity index (χ0n) is 16.9. The average Bonchev–Trinajstić information content (AvgIpc) is 3.41.